The van der Waals surface area contributed by atoms with Gasteiger partial charge in [0.05, 0.1) is 11.4 Å². The van der Waals surface area contributed by atoms with E-state index in [2.05, 4.69) is 21.3 Å². The van der Waals surface area contributed by atoms with Crippen LogP contribution in [0, 0.1) is 11.8 Å². The van der Waals surface area contributed by atoms with E-state index in [9.17, 15) is 8.42 Å². The van der Waals surface area contributed by atoms with Crippen LogP contribution in [0.4, 0.5) is 0 Å². The van der Waals surface area contributed by atoms with Gasteiger partial charge in [0.1, 0.15) is 0 Å². The molecule has 0 radical (unpaired) electrons. The summed E-state index contributed by atoms with van der Waals surface area (Å²) in [6.45, 7) is 0.613. The summed E-state index contributed by atoms with van der Waals surface area (Å²) >= 11 is 1.46. The molecule has 0 unspecified atom stereocenters. The van der Waals surface area contributed by atoms with Gasteiger partial charge in [0.2, 0.25) is 0 Å². The smallest absolute Gasteiger partial charge is 0.277 e. The fourth-order valence-electron chi connectivity index (χ4n) is 1.31. The molecule has 1 aromatic rings. The summed E-state index contributed by atoms with van der Waals surface area (Å²) in [5.74, 6) is 5.68. The van der Waals surface area contributed by atoms with E-state index in [0.717, 1.165) is 22.6 Å². The van der Waals surface area contributed by atoms with E-state index in [1.165, 1.54) is 11.3 Å². The van der Waals surface area contributed by atoms with Crippen LogP contribution in [0.25, 0.3) is 0 Å². The lowest BCUT2D eigenvalue weighted by Crippen LogP contribution is -2.37. The molecular weight excluding hydrogens is 270 g/mol. The van der Waals surface area contributed by atoms with Crippen LogP contribution in [-0.2, 0) is 16.8 Å². The second kappa shape index (κ2) is 5.82. The van der Waals surface area contributed by atoms with Gasteiger partial charge >= 0.3 is 0 Å². The number of nitrogens with two attached hydrogens (primary N) is 1. The second-order valence-corrected chi connectivity index (χ2v) is 6.69. The first-order valence-electron chi connectivity index (χ1n) is 5.63. The molecule has 1 fully saturated rings. The molecule has 0 spiro atoms. The maximum Gasteiger partial charge on any atom is 0.277 e. The average molecular weight is 285 g/mol. The average Bonchev–Trinajstić information content (AvgIpc) is 3.00. The Morgan fingerprint density at radius 1 is 1.44 bits per heavy atom. The molecule has 2 rings (SSSR count). The Bertz CT molecular complexity index is 565. The molecule has 1 heterocycles. The highest BCUT2D eigenvalue weighted by molar-refractivity contribution is 7.87. The van der Waals surface area contributed by atoms with Crippen LogP contribution in [0.1, 0.15) is 22.6 Å². The lowest BCUT2D eigenvalue weighted by molar-refractivity contribution is 0.566. The van der Waals surface area contributed by atoms with Crippen LogP contribution in [0.2, 0.25) is 0 Å². The Labute approximate surface area is 111 Å². The molecule has 1 aromatic heterocycles. The number of thiophene rings is 1. The number of nitrogens with one attached hydrogen (secondary N) is 2. The molecule has 1 aliphatic rings. The normalized spacial score (nSPS) is 15.2. The monoisotopic (exact) mass is 285 g/mol. The lowest BCUT2D eigenvalue weighted by Gasteiger charge is -2.05. The number of hydrogen-bond acceptors (Lipinski definition) is 4. The van der Waals surface area contributed by atoms with Crippen LogP contribution < -0.4 is 15.2 Å². The Balaban J connectivity index is 1.87. The van der Waals surface area contributed by atoms with Crippen molar-refractivity contribution in [3.05, 3.63) is 21.9 Å². The van der Waals surface area contributed by atoms with Crippen molar-refractivity contribution in [1.82, 2.24) is 9.44 Å². The predicted molar refractivity (Wildman–Crippen MR) is 72.2 cm³/mol. The molecule has 0 amide bonds. The molecular formula is C11H15N3O2S2. The summed E-state index contributed by atoms with van der Waals surface area (Å²) in [4.78, 5) is 1.82. The van der Waals surface area contributed by atoms with Crippen molar-refractivity contribution in [2.75, 3.05) is 6.54 Å². The van der Waals surface area contributed by atoms with Gasteiger partial charge in [-0.2, -0.15) is 17.9 Å². The van der Waals surface area contributed by atoms with Gasteiger partial charge in [0.25, 0.3) is 10.2 Å². The topological polar surface area (TPSA) is 84.2 Å². The molecule has 1 saturated carbocycles. The van der Waals surface area contributed by atoms with Gasteiger partial charge in [0.15, 0.2) is 0 Å². The van der Waals surface area contributed by atoms with Gasteiger partial charge in [-0.15, -0.1) is 11.3 Å². The zero-order valence-electron chi connectivity index (χ0n) is 9.77. The van der Waals surface area contributed by atoms with Crippen LogP contribution >= 0.6 is 11.3 Å². The Hall–Kier alpha value is -0.910. The summed E-state index contributed by atoms with van der Waals surface area (Å²) < 4.78 is 28.2. The minimum Gasteiger partial charge on any atom is -0.320 e. The van der Waals surface area contributed by atoms with Gasteiger partial charge in [0, 0.05) is 17.5 Å². The van der Waals surface area contributed by atoms with Crippen molar-refractivity contribution in [3.8, 4) is 11.8 Å². The van der Waals surface area contributed by atoms with Crippen molar-refractivity contribution >= 4 is 21.5 Å². The molecule has 18 heavy (non-hydrogen) atoms. The second-order valence-electron chi connectivity index (χ2n) is 3.99. The Morgan fingerprint density at radius 3 is 2.89 bits per heavy atom. The molecule has 1 aliphatic carbocycles. The predicted octanol–water partition coefficient (Wildman–Crippen LogP) is 0.145. The van der Waals surface area contributed by atoms with Gasteiger partial charge in [-0.3, -0.25) is 0 Å². The van der Waals surface area contributed by atoms with Crippen LogP contribution in [0.3, 0.4) is 0 Å². The first-order valence-corrected chi connectivity index (χ1v) is 7.93. The minimum absolute atomic E-state index is 0.122. The number of hydrogen-bond donors (Lipinski definition) is 3. The van der Waals surface area contributed by atoms with E-state index >= 15 is 0 Å². The third-order valence-corrected chi connectivity index (χ3v) is 4.48. The lowest BCUT2D eigenvalue weighted by atomic mass is 10.4. The molecule has 0 aromatic carbocycles. The largest absolute Gasteiger partial charge is 0.320 e. The van der Waals surface area contributed by atoms with Crippen molar-refractivity contribution in [2.24, 2.45) is 5.73 Å². The van der Waals surface area contributed by atoms with Gasteiger partial charge < -0.3 is 5.73 Å². The van der Waals surface area contributed by atoms with Crippen LogP contribution in [0.5, 0.6) is 0 Å². The van der Waals surface area contributed by atoms with E-state index in [4.69, 9.17) is 5.73 Å². The van der Waals surface area contributed by atoms with Crippen LogP contribution in [-0.4, -0.2) is 21.0 Å². The molecule has 0 saturated heterocycles. The van der Waals surface area contributed by atoms with Gasteiger partial charge in [-0.05, 0) is 25.0 Å². The summed E-state index contributed by atoms with van der Waals surface area (Å²) in [5, 5.41) is 0. The fraction of sp³-hybridized carbons (Fsp3) is 0.455. The summed E-state index contributed by atoms with van der Waals surface area (Å²) in [7, 11) is -3.37. The quantitative estimate of drug-likeness (QED) is 0.673. The minimum atomic E-state index is -3.37. The van der Waals surface area contributed by atoms with Crippen molar-refractivity contribution in [2.45, 2.75) is 25.4 Å². The van der Waals surface area contributed by atoms with E-state index < -0.39 is 10.2 Å². The molecule has 5 nitrogen and oxygen atoms in total. The summed E-state index contributed by atoms with van der Waals surface area (Å²) in [6.07, 6.45) is 1.86. The van der Waals surface area contributed by atoms with Crippen molar-refractivity contribution in [3.63, 3.8) is 0 Å². The molecule has 0 bridgehead atoms. The van der Waals surface area contributed by atoms with E-state index in [0.29, 0.717) is 6.54 Å². The molecule has 98 valence electrons. The highest BCUT2D eigenvalue weighted by Gasteiger charge is 2.26. The highest BCUT2D eigenvalue weighted by Crippen LogP contribution is 2.19. The highest BCUT2D eigenvalue weighted by atomic mass is 32.2. The van der Waals surface area contributed by atoms with Gasteiger partial charge in [-0.1, -0.05) is 11.8 Å². The van der Waals surface area contributed by atoms with Crippen molar-refractivity contribution < 1.29 is 8.42 Å². The van der Waals surface area contributed by atoms with Crippen LogP contribution in [0.15, 0.2) is 12.1 Å². The van der Waals surface area contributed by atoms with E-state index in [-0.39, 0.29) is 12.6 Å². The molecule has 0 atom stereocenters. The zero-order valence-corrected chi connectivity index (χ0v) is 11.4. The van der Waals surface area contributed by atoms with E-state index in [1.807, 2.05) is 12.1 Å². The molecule has 4 N–H and O–H groups in total. The summed E-state index contributed by atoms with van der Waals surface area (Å²) in [6, 6.07) is 3.85. The standard InChI is InChI=1S/C11H15N3O2S2/c12-7-1-2-10-5-6-11(17-10)8-13-18(15,16)14-9-3-4-9/h5-6,9,13-14H,3-4,7-8,12H2. The maximum absolute atomic E-state index is 11.6. The SMILES string of the molecule is NCC#Cc1ccc(CNS(=O)(=O)NC2CC2)s1. The maximum atomic E-state index is 11.6. The molecule has 7 heteroatoms. The first kappa shape index (κ1) is 13.5. The van der Waals surface area contributed by atoms with Gasteiger partial charge in [-0.25, -0.2) is 0 Å². The Kier molecular flexibility index (Phi) is 4.37. The zero-order chi connectivity index (χ0) is 13.0. The van der Waals surface area contributed by atoms with Crippen molar-refractivity contribution in [1.29, 1.82) is 0 Å². The fourth-order valence-corrected chi connectivity index (χ4v) is 3.32. The number of rotatable bonds is 5. The first-order chi connectivity index (χ1) is 8.59. The summed E-state index contributed by atoms with van der Waals surface area (Å²) in [5.41, 5.74) is 5.28. The van der Waals surface area contributed by atoms with E-state index in [1.54, 1.807) is 0 Å². The third-order valence-electron chi connectivity index (χ3n) is 2.31. The Morgan fingerprint density at radius 2 is 2.22 bits per heavy atom. The third kappa shape index (κ3) is 4.40. The molecule has 0 aliphatic heterocycles.